The highest BCUT2D eigenvalue weighted by atomic mass is 19.3. The van der Waals surface area contributed by atoms with Crippen molar-refractivity contribution in [3.63, 3.8) is 0 Å². The van der Waals surface area contributed by atoms with Crippen LogP contribution in [0.2, 0.25) is 0 Å². The molecule has 0 aromatic carbocycles. The zero-order valence-corrected chi connectivity index (χ0v) is 17.7. The van der Waals surface area contributed by atoms with Crippen LogP contribution in [-0.4, -0.2) is 38.0 Å². The van der Waals surface area contributed by atoms with E-state index in [0.717, 1.165) is 5.52 Å². The molecule has 168 valence electrons. The van der Waals surface area contributed by atoms with Gasteiger partial charge >= 0.3 is 6.61 Å². The lowest BCUT2D eigenvalue weighted by atomic mass is 9.97. The van der Waals surface area contributed by atoms with Crippen LogP contribution in [0, 0.1) is 16.7 Å². The molecule has 4 aromatic heterocycles. The van der Waals surface area contributed by atoms with E-state index in [9.17, 15) is 14.0 Å². The third-order valence-electron chi connectivity index (χ3n) is 4.55. The number of hydrogen-bond acceptors (Lipinski definition) is 8. The van der Waals surface area contributed by atoms with Crippen molar-refractivity contribution in [2.45, 2.75) is 20.5 Å². The summed E-state index contributed by atoms with van der Waals surface area (Å²) in [6, 6.07) is 12.4. The van der Waals surface area contributed by atoms with Crippen LogP contribution in [0.25, 0.3) is 16.6 Å². The summed E-state index contributed by atoms with van der Waals surface area (Å²) in [5.41, 5.74) is 1.14. The first-order valence-electron chi connectivity index (χ1n) is 9.86. The molecule has 0 bridgehead atoms. The van der Waals surface area contributed by atoms with Gasteiger partial charge in [-0.2, -0.15) is 24.2 Å². The summed E-state index contributed by atoms with van der Waals surface area (Å²) in [5, 5.41) is 24.5. The second-order valence-electron chi connectivity index (χ2n) is 7.73. The number of alkyl halides is 2. The van der Waals surface area contributed by atoms with Gasteiger partial charge in [-0.25, -0.2) is 9.50 Å². The lowest BCUT2D eigenvalue weighted by Crippen LogP contribution is -2.19. The van der Waals surface area contributed by atoms with Crippen LogP contribution in [0.3, 0.4) is 0 Å². The summed E-state index contributed by atoms with van der Waals surface area (Å²) in [5.74, 6) is 1.18. The van der Waals surface area contributed by atoms with Crippen molar-refractivity contribution in [1.82, 2.24) is 24.8 Å². The van der Waals surface area contributed by atoms with E-state index in [2.05, 4.69) is 36.4 Å². The number of hydrogen-bond donors (Lipinski definition) is 1. The predicted molar refractivity (Wildman–Crippen MR) is 115 cm³/mol. The Morgan fingerprint density at radius 2 is 2.06 bits per heavy atom. The third kappa shape index (κ3) is 5.30. The second-order valence-corrected chi connectivity index (χ2v) is 7.73. The van der Waals surface area contributed by atoms with Crippen LogP contribution >= 0.6 is 0 Å². The molecule has 0 fully saturated rings. The van der Waals surface area contributed by atoms with Gasteiger partial charge in [0.15, 0.2) is 11.6 Å². The van der Waals surface area contributed by atoms with E-state index in [4.69, 9.17) is 4.74 Å². The molecule has 4 heterocycles. The lowest BCUT2D eigenvalue weighted by Gasteiger charge is -2.18. The summed E-state index contributed by atoms with van der Waals surface area (Å²) < 4.78 is 37.4. The Morgan fingerprint density at radius 3 is 2.79 bits per heavy atom. The van der Waals surface area contributed by atoms with Crippen LogP contribution in [0.1, 0.15) is 13.8 Å². The minimum absolute atomic E-state index is 0.0916. The maximum atomic E-state index is 12.7. The first-order chi connectivity index (χ1) is 15.8. The summed E-state index contributed by atoms with van der Waals surface area (Å²) >= 11 is 0. The fourth-order valence-corrected chi connectivity index (χ4v) is 2.93. The molecular weight excluding hydrogens is 432 g/mol. The van der Waals surface area contributed by atoms with E-state index in [1.165, 1.54) is 12.3 Å². The van der Waals surface area contributed by atoms with Crippen molar-refractivity contribution in [1.29, 1.82) is 5.26 Å². The number of nitrogens with zero attached hydrogens (tertiary/aromatic N) is 6. The summed E-state index contributed by atoms with van der Waals surface area (Å²) in [6.45, 7) is 0.548. The van der Waals surface area contributed by atoms with Gasteiger partial charge in [0.1, 0.15) is 12.4 Å². The second kappa shape index (κ2) is 9.04. The normalized spacial score (nSPS) is 11.4. The molecule has 0 aliphatic rings. The maximum absolute atomic E-state index is 12.7. The summed E-state index contributed by atoms with van der Waals surface area (Å²) in [7, 11) is 0. The van der Waals surface area contributed by atoms with Gasteiger partial charge in [-0.05, 0) is 43.7 Å². The minimum atomic E-state index is -3.01. The molecule has 4 rings (SSSR count). The zero-order valence-electron chi connectivity index (χ0n) is 17.7. The van der Waals surface area contributed by atoms with Gasteiger partial charge in [0.05, 0.1) is 23.2 Å². The molecule has 0 saturated heterocycles. The molecule has 0 saturated carbocycles. The number of aromatic nitrogens is 5. The van der Waals surface area contributed by atoms with Crippen molar-refractivity contribution in [3.05, 3.63) is 55.0 Å². The van der Waals surface area contributed by atoms with Crippen molar-refractivity contribution >= 4 is 17.2 Å². The fraction of sp³-hybridized carbons (Fsp3) is 0.227. The van der Waals surface area contributed by atoms with Crippen molar-refractivity contribution in [2.75, 3.05) is 11.9 Å². The van der Waals surface area contributed by atoms with Gasteiger partial charge in [0.2, 0.25) is 5.88 Å². The van der Waals surface area contributed by atoms with Gasteiger partial charge in [-0.1, -0.05) is 0 Å². The molecule has 0 unspecified atom stereocenters. The molecule has 0 radical (unpaired) electrons. The highest BCUT2D eigenvalue weighted by Crippen LogP contribution is 2.34. The molecule has 0 atom stereocenters. The smallest absolute Gasteiger partial charge is 0.388 e. The standard InChI is InChI=1S/C22H19F2N7O2/c1-22(2,12-25)13-32-17-11-26-20(33-21(23)24)10-16(17)14-5-7-31-15(8-14)9-19(30-31)28-18-4-3-6-27-29-18/h3-11,21H,13H2,1-2H3,(H,28,29,30). The Balaban J connectivity index is 1.69. The number of nitrogens with one attached hydrogen (secondary N) is 1. The lowest BCUT2D eigenvalue weighted by molar-refractivity contribution is -0.0528. The zero-order chi connectivity index (χ0) is 23.4. The third-order valence-corrected chi connectivity index (χ3v) is 4.55. The molecule has 0 aliphatic carbocycles. The highest BCUT2D eigenvalue weighted by molar-refractivity contribution is 5.75. The molecule has 4 aromatic rings. The van der Waals surface area contributed by atoms with E-state index >= 15 is 0 Å². The largest absolute Gasteiger partial charge is 0.490 e. The number of halogens is 2. The first kappa shape index (κ1) is 21.9. The monoisotopic (exact) mass is 451 g/mol. The summed E-state index contributed by atoms with van der Waals surface area (Å²) in [4.78, 5) is 3.89. The quantitative estimate of drug-likeness (QED) is 0.418. The van der Waals surface area contributed by atoms with Gasteiger partial charge in [0.25, 0.3) is 0 Å². The number of ether oxygens (including phenoxy) is 2. The van der Waals surface area contributed by atoms with Gasteiger partial charge < -0.3 is 14.8 Å². The Hall–Kier alpha value is -4.33. The number of fused-ring (bicyclic) bond motifs is 1. The molecular formula is C22H19F2N7O2. The molecule has 9 nitrogen and oxygen atoms in total. The maximum Gasteiger partial charge on any atom is 0.388 e. The van der Waals surface area contributed by atoms with Gasteiger partial charge in [0, 0.05) is 30.1 Å². The van der Waals surface area contributed by atoms with Crippen LogP contribution in [0.5, 0.6) is 11.6 Å². The Labute approximate surface area is 187 Å². The van der Waals surface area contributed by atoms with Crippen LogP contribution in [-0.2, 0) is 0 Å². The minimum Gasteiger partial charge on any atom is -0.490 e. The highest BCUT2D eigenvalue weighted by Gasteiger charge is 2.20. The molecule has 1 N–H and O–H groups in total. The van der Waals surface area contributed by atoms with Crippen LogP contribution in [0.4, 0.5) is 20.4 Å². The number of nitriles is 1. The van der Waals surface area contributed by atoms with Crippen molar-refractivity contribution < 1.29 is 18.3 Å². The number of anilines is 2. The van der Waals surface area contributed by atoms with E-state index in [1.54, 1.807) is 55.0 Å². The van der Waals surface area contributed by atoms with Crippen LogP contribution < -0.4 is 14.8 Å². The molecule has 0 amide bonds. The average molecular weight is 451 g/mol. The first-order valence-corrected chi connectivity index (χ1v) is 9.86. The van der Waals surface area contributed by atoms with Crippen molar-refractivity contribution in [3.8, 4) is 28.8 Å². The molecule has 11 heteroatoms. The molecule has 33 heavy (non-hydrogen) atoms. The van der Waals surface area contributed by atoms with E-state index in [-0.39, 0.29) is 12.5 Å². The Bertz CT molecular complexity index is 1300. The summed E-state index contributed by atoms with van der Waals surface area (Å²) in [6.07, 6.45) is 4.60. The van der Waals surface area contributed by atoms with Gasteiger partial charge in [-0.15, -0.1) is 5.10 Å². The van der Waals surface area contributed by atoms with Crippen molar-refractivity contribution in [2.24, 2.45) is 5.41 Å². The number of pyridine rings is 2. The van der Waals surface area contributed by atoms with E-state index in [0.29, 0.717) is 28.5 Å². The number of rotatable bonds is 8. The van der Waals surface area contributed by atoms with Crippen LogP contribution in [0.15, 0.2) is 55.0 Å². The van der Waals surface area contributed by atoms with Gasteiger partial charge in [-0.3, -0.25) is 0 Å². The molecule has 0 aliphatic heterocycles. The topological polar surface area (TPSA) is 110 Å². The Kier molecular flexibility index (Phi) is 5.99. The predicted octanol–water partition coefficient (Wildman–Crippen LogP) is 4.46. The Morgan fingerprint density at radius 1 is 1.21 bits per heavy atom. The SMILES string of the molecule is CC(C)(C#N)COc1cnc(OC(F)F)cc1-c1ccn2nc(Nc3cccnn3)cc2c1. The van der Waals surface area contributed by atoms with E-state index in [1.807, 2.05) is 6.07 Å². The molecule has 0 spiro atoms. The van der Waals surface area contributed by atoms with E-state index < -0.39 is 12.0 Å². The fourth-order valence-electron chi connectivity index (χ4n) is 2.93. The average Bonchev–Trinajstić information content (AvgIpc) is 3.20.